The van der Waals surface area contributed by atoms with Crippen LogP contribution < -0.4 is 14.8 Å². The summed E-state index contributed by atoms with van der Waals surface area (Å²) in [5.41, 5.74) is 0.853. The molecule has 4 nitrogen and oxygen atoms in total. The lowest BCUT2D eigenvalue weighted by atomic mass is 10.1. The molecule has 0 aliphatic carbocycles. The third-order valence-corrected chi connectivity index (χ3v) is 6.68. The zero-order chi connectivity index (χ0) is 20.9. The second-order valence-corrected chi connectivity index (χ2v) is 9.29. The van der Waals surface area contributed by atoms with Gasteiger partial charge in [-0.3, -0.25) is 4.79 Å². The number of hydrogen-bond donors (Lipinski definition) is 1. The Morgan fingerprint density at radius 2 is 1.93 bits per heavy atom. The summed E-state index contributed by atoms with van der Waals surface area (Å²) in [6.07, 6.45) is 1.79. The molecule has 0 radical (unpaired) electrons. The van der Waals surface area contributed by atoms with E-state index in [1.165, 1.54) is 27.4 Å². The zero-order valence-electron chi connectivity index (χ0n) is 16.2. The van der Waals surface area contributed by atoms with Gasteiger partial charge in [0.05, 0.1) is 18.6 Å². The highest BCUT2D eigenvalue weighted by Gasteiger charge is 2.22. The molecule has 1 aliphatic rings. The highest BCUT2D eigenvalue weighted by atomic mass is 32.2. The molecule has 0 saturated carbocycles. The first-order valence-electron chi connectivity index (χ1n) is 9.30. The predicted octanol–water partition coefficient (Wildman–Crippen LogP) is 5.51. The minimum absolute atomic E-state index is 0.172. The second-order valence-electron chi connectivity index (χ2n) is 6.44. The van der Waals surface area contributed by atoms with Gasteiger partial charge in [0.15, 0.2) is 11.5 Å². The van der Waals surface area contributed by atoms with E-state index in [2.05, 4.69) is 47.8 Å². The fourth-order valence-electron chi connectivity index (χ4n) is 3.09. The summed E-state index contributed by atoms with van der Waals surface area (Å²) in [4.78, 5) is 13.7. The highest BCUT2D eigenvalue weighted by Crippen LogP contribution is 2.32. The fourth-order valence-corrected chi connectivity index (χ4v) is 5.04. The van der Waals surface area contributed by atoms with E-state index >= 15 is 0 Å². The number of carbonyl (C=O) groups excluding carboxylic acids is 1. The highest BCUT2D eigenvalue weighted by molar-refractivity contribution is 8.26. The van der Waals surface area contributed by atoms with Crippen LogP contribution in [-0.4, -0.2) is 29.7 Å². The van der Waals surface area contributed by atoms with Gasteiger partial charge in [0.1, 0.15) is 4.32 Å². The van der Waals surface area contributed by atoms with Crippen molar-refractivity contribution in [2.45, 2.75) is 4.90 Å². The fraction of sp³-hybridized carbons (Fsp3) is 0.130. The summed E-state index contributed by atoms with van der Waals surface area (Å²) in [5, 5.41) is 5.11. The van der Waals surface area contributed by atoms with Crippen molar-refractivity contribution >= 4 is 62.8 Å². The van der Waals surface area contributed by atoms with Crippen molar-refractivity contribution in [3.8, 4) is 11.5 Å². The van der Waals surface area contributed by atoms with Crippen molar-refractivity contribution in [3.63, 3.8) is 0 Å². The summed E-state index contributed by atoms with van der Waals surface area (Å²) >= 11 is 8.05. The Hall–Kier alpha value is -2.48. The van der Waals surface area contributed by atoms with Gasteiger partial charge in [0.2, 0.25) is 0 Å². The van der Waals surface area contributed by atoms with E-state index in [1.807, 2.05) is 18.2 Å². The second kappa shape index (κ2) is 9.55. The molecule has 1 heterocycles. The number of amides is 1. The van der Waals surface area contributed by atoms with Gasteiger partial charge in [0.25, 0.3) is 5.91 Å². The average Bonchev–Trinajstić information content (AvgIpc) is 3.08. The minimum atomic E-state index is -0.172. The molecule has 3 aromatic rings. The van der Waals surface area contributed by atoms with Gasteiger partial charge in [-0.1, -0.05) is 66.4 Å². The van der Waals surface area contributed by atoms with Crippen molar-refractivity contribution in [2.24, 2.45) is 0 Å². The maximum atomic E-state index is 11.8. The van der Waals surface area contributed by atoms with E-state index in [9.17, 15) is 4.79 Å². The molecule has 4 rings (SSSR count). The number of carbonyl (C=O) groups is 1. The lowest BCUT2D eigenvalue weighted by molar-refractivity contribution is -0.115. The zero-order valence-corrected chi connectivity index (χ0v) is 18.7. The van der Waals surface area contributed by atoms with E-state index in [4.69, 9.17) is 21.7 Å². The number of benzene rings is 3. The van der Waals surface area contributed by atoms with Crippen molar-refractivity contribution < 1.29 is 14.3 Å². The smallest absolute Gasteiger partial charge is 0.263 e. The van der Waals surface area contributed by atoms with Crippen LogP contribution >= 0.6 is 35.7 Å². The summed E-state index contributed by atoms with van der Waals surface area (Å²) in [6, 6.07) is 20.3. The minimum Gasteiger partial charge on any atom is -0.493 e. The molecule has 7 heteroatoms. The molecule has 0 unspecified atom stereocenters. The number of ether oxygens (including phenoxy) is 2. The third-order valence-electron chi connectivity index (χ3n) is 4.48. The average molecular weight is 454 g/mol. The van der Waals surface area contributed by atoms with Crippen molar-refractivity contribution in [2.75, 3.05) is 19.5 Å². The molecule has 3 aromatic carbocycles. The first-order valence-corrected chi connectivity index (χ1v) is 11.5. The molecule has 0 spiro atoms. The van der Waals surface area contributed by atoms with Crippen LogP contribution in [0.1, 0.15) is 5.56 Å². The molecule has 30 heavy (non-hydrogen) atoms. The predicted molar refractivity (Wildman–Crippen MR) is 129 cm³/mol. The van der Waals surface area contributed by atoms with Crippen molar-refractivity contribution in [1.29, 1.82) is 0 Å². The summed E-state index contributed by atoms with van der Waals surface area (Å²) in [7, 11) is 1.61. The van der Waals surface area contributed by atoms with Crippen molar-refractivity contribution in [1.82, 2.24) is 5.32 Å². The van der Waals surface area contributed by atoms with E-state index in [1.54, 1.807) is 24.9 Å². The molecule has 0 aromatic heterocycles. The normalized spacial score (nSPS) is 14.9. The van der Waals surface area contributed by atoms with Gasteiger partial charge >= 0.3 is 0 Å². The maximum Gasteiger partial charge on any atom is 0.263 e. The largest absolute Gasteiger partial charge is 0.493 e. The van der Waals surface area contributed by atoms with Crippen LogP contribution in [-0.2, 0) is 4.79 Å². The van der Waals surface area contributed by atoms with Gasteiger partial charge < -0.3 is 14.8 Å². The van der Waals surface area contributed by atoms with E-state index in [0.29, 0.717) is 27.3 Å². The summed E-state index contributed by atoms with van der Waals surface area (Å²) in [6.45, 7) is 0.553. The quantitative estimate of drug-likeness (QED) is 0.220. The van der Waals surface area contributed by atoms with E-state index in [-0.39, 0.29) is 5.91 Å². The van der Waals surface area contributed by atoms with Gasteiger partial charge in [-0.05, 0) is 40.6 Å². The Balaban J connectivity index is 1.39. The monoisotopic (exact) mass is 453 g/mol. The number of thioether (sulfide) groups is 2. The first kappa shape index (κ1) is 20.8. The van der Waals surface area contributed by atoms with E-state index in [0.717, 1.165) is 11.3 Å². The first-order chi connectivity index (χ1) is 14.6. The van der Waals surface area contributed by atoms with Crippen molar-refractivity contribution in [3.05, 3.63) is 71.1 Å². The number of methoxy groups -OCH3 is 1. The number of fused-ring (bicyclic) bond motifs is 1. The van der Waals surface area contributed by atoms with Crippen LogP contribution in [0.5, 0.6) is 11.5 Å². The molecular weight excluding hydrogens is 434 g/mol. The Morgan fingerprint density at radius 3 is 2.73 bits per heavy atom. The molecule has 0 atom stereocenters. The molecule has 1 aliphatic heterocycles. The SMILES string of the molecule is COc1cc(/C=C2\SC(=S)NC2=O)ccc1OCCSc1cccc2ccccc12. The van der Waals surface area contributed by atoms with Crippen LogP contribution in [0.15, 0.2) is 70.5 Å². The number of nitrogens with one attached hydrogen (secondary N) is 1. The Morgan fingerprint density at radius 1 is 1.10 bits per heavy atom. The number of thiocarbonyl (C=S) groups is 1. The summed E-state index contributed by atoms with van der Waals surface area (Å²) in [5.74, 6) is 1.95. The molecule has 0 bridgehead atoms. The molecule has 1 saturated heterocycles. The number of hydrogen-bond acceptors (Lipinski definition) is 6. The lowest BCUT2D eigenvalue weighted by Gasteiger charge is -2.12. The molecular formula is C23H19NO3S3. The Labute approximate surface area is 189 Å². The van der Waals surface area contributed by atoms with Crippen LogP contribution in [0.3, 0.4) is 0 Å². The van der Waals surface area contributed by atoms with Crippen LogP contribution in [0.2, 0.25) is 0 Å². The topological polar surface area (TPSA) is 47.6 Å². The lowest BCUT2D eigenvalue weighted by Crippen LogP contribution is -2.17. The number of rotatable bonds is 7. The van der Waals surface area contributed by atoms with Gasteiger partial charge in [0, 0.05) is 10.6 Å². The van der Waals surface area contributed by atoms with Gasteiger partial charge in [-0.2, -0.15) is 0 Å². The van der Waals surface area contributed by atoms with Gasteiger partial charge in [-0.25, -0.2) is 0 Å². The Bertz CT molecular complexity index is 1140. The third kappa shape index (κ3) is 4.80. The molecule has 1 amide bonds. The van der Waals surface area contributed by atoms with Crippen LogP contribution in [0.4, 0.5) is 0 Å². The van der Waals surface area contributed by atoms with Gasteiger partial charge in [-0.15, -0.1) is 11.8 Å². The molecule has 1 N–H and O–H groups in total. The van der Waals surface area contributed by atoms with E-state index < -0.39 is 0 Å². The molecule has 152 valence electrons. The Kier molecular flexibility index (Phi) is 6.62. The summed E-state index contributed by atoms with van der Waals surface area (Å²) < 4.78 is 11.9. The molecule has 1 fully saturated rings. The van der Waals surface area contributed by atoms with Crippen LogP contribution in [0.25, 0.3) is 16.8 Å². The van der Waals surface area contributed by atoms with Crippen LogP contribution in [0, 0.1) is 0 Å². The standard InChI is InChI=1S/C23H19NO3S3/c1-26-19-13-15(14-21-22(25)24-23(28)30-21)9-10-18(19)27-11-12-29-20-8-4-6-16-5-2-3-7-17(16)20/h2-10,13-14H,11-12H2,1H3,(H,24,25,28)/b21-14-. The maximum absolute atomic E-state index is 11.8.